The zero-order valence-electron chi connectivity index (χ0n) is 11.9. The monoisotopic (exact) mass is 247 g/mol. The van der Waals surface area contributed by atoms with Gasteiger partial charge in [-0.1, -0.05) is 19.1 Å². The zero-order valence-corrected chi connectivity index (χ0v) is 11.9. The van der Waals surface area contributed by atoms with Crippen LogP contribution in [0.3, 0.4) is 0 Å². The molecule has 0 aliphatic heterocycles. The summed E-state index contributed by atoms with van der Waals surface area (Å²) in [6.45, 7) is 12.4. The van der Waals surface area contributed by atoms with Crippen molar-refractivity contribution in [1.82, 2.24) is 15.1 Å². The van der Waals surface area contributed by atoms with Crippen LogP contribution in [-0.2, 0) is 13.0 Å². The normalized spacial score (nSPS) is 15.1. The first-order valence-corrected chi connectivity index (χ1v) is 7.04. The van der Waals surface area contributed by atoms with Gasteiger partial charge in [0.05, 0.1) is 12.2 Å². The minimum Gasteiger partial charge on any atom is -0.314 e. The lowest BCUT2D eigenvalue weighted by molar-refractivity contribution is 0.637. The Labute approximate surface area is 110 Å². The molecule has 1 fully saturated rings. The molecule has 1 aliphatic rings. The standard InChI is InChI=1S/C15H25N3/c1-5-11(2)10-18-13(4)15(12(3)17-18)8-9-16-14-6-7-14/h14,16H,2,5-10H2,1,3-4H3. The number of allylic oxidation sites excluding steroid dienone is 1. The van der Waals surface area contributed by atoms with Crippen LogP contribution in [0.5, 0.6) is 0 Å². The number of hydrogen-bond acceptors (Lipinski definition) is 2. The van der Waals surface area contributed by atoms with Crippen molar-refractivity contribution in [2.75, 3.05) is 6.54 Å². The molecule has 18 heavy (non-hydrogen) atoms. The van der Waals surface area contributed by atoms with E-state index in [9.17, 15) is 0 Å². The number of hydrogen-bond donors (Lipinski definition) is 1. The minimum absolute atomic E-state index is 0.792. The molecule has 0 atom stereocenters. The second-order valence-corrected chi connectivity index (χ2v) is 5.39. The highest BCUT2D eigenvalue weighted by atomic mass is 15.3. The second-order valence-electron chi connectivity index (χ2n) is 5.39. The second kappa shape index (κ2) is 5.70. The third kappa shape index (κ3) is 3.22. The van der Waals surface area contributed by atoms with Crippen LogP contribution in [0.15, 0.2) is 12.2 Å². The van der Waals surface area contributed by atoms with Crippen molar-refractivity contribution in [2.24, 2.45) is 0 Å². The summed E-state index contributed by atoms with van der Waals surface area (Å²) < 4.78 is 2.10. The van der Waals surface area contributed by atoms with E-state index in [1.807, 2.05) is 0 Å². The van der Waals surface area contributed by atoms with Crippen molar-refractivity contribution in [1.29, 1.82) is 0 Å². The predicted octanol–water partition coefficient (Wildman–Crippen LogP) is 2.76. The largest absolute Gasteiger partial charge is 0.314 e. The molecule has 100 valence electrons. The SMILES string of the molecule is C=C(CC)Cn1nc(C)c(CCNC2CC2)c1C. The third-order valence-electron chi connectivity index (χ3n) is 3.79. The van der Waals surface area contributed by atoms with E-state index in [0.29, 0.717) is 0 Å². The van der Waals surface area contributed by atoms with Gasteiger partial charge in [0.15, 0.2) is 0 Å². The van der Waals surface area contributed by atoms with Gasteiger partial charge in [-0.15, -0.1) is 0 Å². The summed E-state index contributed by atoms with van der Waals surface area (Å²) in [7, 11) is 0. The van der Waals surface area contributed by atoms with Gasteiger partial charge in [0.2, 0.25) is 0 Å². The summed E-state index contributed by atoms with van der Waals surface area (Å²) in [6.07, 6.45) is 4.82. The molecular weight excluding hydrogens is 222 g/mol. The third-order valence-corrected chi connectivity index (χ3v) is 3.79. The van der Waals surface area contributed by atoms with Crippen LogP contribution < -0.4 is 5.32 Å². The maximum absolute atomic E-state index is 4.64. The predicted molar refractivity (Wildman–Crippen MR) is 75.9 cm³/mol. The Hall–Kier alpha value is -1.09. The number of aromatic nitrogens is 2. The summed E-state index contributed by atoms with van der Waals surface area (Å²) >= 11 is 0. The quantitative estimate of drug-likeness (QED) is 0.751. The summed E-state index contributed by atoms with van der Waals surface area (Å²) in [5.74, 6) is 0. The summed E-state index contributed by atoms with van der Waals surface area (Å²) in [4.78, 5) is 0. The molecule has 0 saturated heterocycles. The maximum Gasteiger partial charge on any atom is 0.0629 e. The lowest BCUT2D eigenvalue weighted by Crippen LogP contribution is -2.19. The fourth-order valence-corrected chi connectivity index (χ4v) is 2.26. The first-order valence-electron chi connectivity index (χ1n) is 7.04. The maximum atomic E-state index is 4.64. The van der Waals surface area contributed by atoms with Gasteiger partial charge in [0.1, 0.15) is 0 Å². The fraction of sp³-hybridized carbons (Fsp3) is 0.667. The Morgan fingerprint density at radius 1 is 1.44 bits per heavy atom. The fourth-order valence-electron chi connectivity index (χ4n) is 2.26. The Morgan fingerprint density at radius 3 is 2.78 bits per heavy atom. The molecule has 1 N–H and O–H groups in total. The minimum atomic E-state index is 0.792. The summed E-state index contributed by atoms with van der Waals surface area (Å²) in [5, 5.41) is 8.21. The molecule has 2 rings (SSSR count). The van der Waals surface area contributed by atoms with Gasteiger partial charge >= 0.3 is 0 Å². The number of rotatable bonds is 7. The molecule has 3 nitrogen and oxygen atoms in total. The summed E-state index contributed by atoms with van der Waals surface area (Å²) in [6, 6.07) is 0.792. The van der Waals surface area contributed by atoms with E-state index in [2.05, 4.69) is 42.4 Å². The van der Waals surface area contributed by atoms with Crippen LogP contribution in [0.4, 0.5) is 0 Å². The van der Waals surface area contributed by atoms with Crippen molar-refractivity contribution in [3.05, 3.63) is 29.1 Å². The van der Waals surface area contributed by atoms with E-state index in [-0.39, 0.29) is 0 Å². The van der Waals surface area contributed by atoms with Crippen molar-refractivity contribution in [2.45, 2.75) is 59.0 Å². The zero-order chi connectivity index (χ0) is 13.1. The number of aryl methyl sites for hydroxylation is 1. The van der Waals surface area contributed by atoms with Gasteiger partial charge in [0, 0.05) is 11.7 Å². The van der Waals surface area contributed by atoms with Crippen LogP contribution in [0.25, 0.3) is 0 Å². The van der Waals surface area contributed by atoms with Crippen LogP contribution in [0, 0.1) is 13.8 Å². The molecular formula is C15H25N3. The van der Waals surface area contributed by atoms with Crippen molar-refractivity contribution >= 4 is 0 Å². The van der Waals surface area contributed by atoms with Gasteiger partial charge in [-0.3, -0.25) is 4.68 Å². The lowest BCUT2D eigenvalue weighted by atomic mass is 10.1. The molecule has 3 heteroatoms. The Balaban J connectivity index is 1.97. The lowest BCUT2D eigenvalue weighted by Gasteiger charge is -2.07. The Kier molecular flexibility index (Phi) is 4.23. The topological polar surface area (TPSA) is 29.9 Å². The van der Waals surface area contributed by atoms with Crippen LogP contribution in [0.1, 0.15) is 43.1 Å². The smallest absolute Gasteiger partial charge is 0.0629 e. The average molecular weight is 247 g/mol. The van der Waals surface area contributed by atoms with E-state index < -0.39 is 0 Å². The molecule has 1 aromatic heterocycles. The van der Waals surface area contributed by atoms with E-state index in [1.54, 1.807) is 0 Å². The van der Waals surface area contributed by atoms with E-state index in [1.165, 1.54) is 35.4 Å². The van der Waals surface area contributed by atoms with Gasteiger partial charge in [-0.25, -0.2) is 0 Å². The van der Waals surface area contributed by atoms with Crippen molar-refractivity contribution in [3.63, 3.8) is 0 Å². The van der Waals surface area contributed by atoms with Gasteiger partial charge in [-0.2, -0.15) is 5.10 Å². The molecule has 0 aromatic carbocycles. The van der Waals surface area contributed by atoms with Crippen LogP contribution >= 0.6 is 0 Å². The van der Waals surface area contributed by atoms with E-state index in [4.69, 9.17) is 0 Å². The highest BCUT2D eigenvalue weighted by Crippen LogP contribution is 2.19. The molecule has 0 spiro atoms. The number of nitrogens with one attached hydrogen (secondary N) is 1. The van der Waals surface area contributed by atoms with E-state index >= 15 is 0 Å². The molecule has 0 bridgehead atoms. The number of nitrogens with zero attached hydrogens (tertiary/aromatic N) is 2. The molecule has 0 amide bonds. The average Bonchev–Trinajstić information content (AvgIpc) is 3.12. The highest BCUT2D eigenvalue weighted by molar-refractivity contribution is 5.25. The summed E-state index contributed by atoms with van der Waals surface area (Å²) in [5.41, 5.74) is 5.13. The van der Waals surface area contributed by atoms with Crippen LogP contribution in [0.2, 0.25) is 0 Å². The van der Waals surface area contributed by atoms with Crippen LogP contribution in [-0.4, -0.2) is 22.4 Å². The Bertz CT molecular complexity index is 427. The van der Waals surface area contributed by atoms with E-state index in [0.717, 1.165) is 32.0 Å². The molecule has 0 radical (unpaired) electrons. The first-order chi connectivity index (χ1) is 8.61. The highest BCUT2D eigenvalue weighted by Gasteiger charge is 2.20. The first kappa shape index (κ1) is 13.3. The van der Waals surface area contributed by atoms with Gasteiger partial charge in [0.25, 0.3) is 0 Å². The van der Waals surface area contributed by atoms with Crippen molar-refractivity contribution in [3.8, 4) is 0 Å². The van der Waals surface area contributed by atoms with Gasteiger partial charge < -0.3 is 5.32 Å². The Morgan fingerprint density at radius 2 is 2.17 bits per heavy atom. The molecule has 0 unspecified atom stereocenters. The molecule has 1 aliphatic carbocycles. The molecule has 1 aromatic rings. The van der Waals surface area contributed by atoms with Crippen molar-refractivity contribution < 1.29 is 0 Å². The van der Waals surface area contributed by atoms with Gasteiger partial charge in [-0.05, 0) is 51.6 Å². The molecule has 1 saturated carbocycles. The molecule has 1 heterocycles.